The number of nitrogens with zero attached hydrogens (tertiary/aromatic N) is 12. The van der Waals surface area contributed by atoms with Crippen LogP contribution in [0.3, 0.4) is 0 Å². The van der Waals surface area contributed by atoms with Gasteiger partial charge in [-0.3, -0.25) is 10.2 Å². The van der Waals surface area contributed by atoms with Crippen LogP contribution in [-0.4, -0.2) is 153 Å². The largest absolute Gasteiger partial charge is 0.495 e. The van der Waals surface area contributed by atoms with Crippen molar-refractivity contribution in [1.82, 2.24) is 30.2 Å². The van der Waals surface area contributed by atoms with E-state index in [-0.39, 0.29) is 79.6 Å². The highest BCUT2D eigenvalue weighted by molar-refractivity contribution is 7.13. The van der Waals surface area contributed by atoms with Crippen LogP contribution in [0, 0.1) is 12.3 Å². The number of amides is 1. The first-order valence-corrected chi connectivity index (χ1v) is 22.9. The van der Waals surface area contributed by atoms with Crippen molar-refractivity contribution >= 4 is 75.8 Å². The van der Waals surface area contributed by atoms with Gasteiger partial charge in [-0.1, -0.05) is 45.0 Å². The van der Waals surface area contributed by atoms with Gasteiger partial charge in [-0.25, -0.2) is 59.9 Å². The molecule has 29 heteroatoms. The Kier molecular flexibility index (Phi) is 16.8. The number of nitrogens with one attached hydrogen (secondary N) is 2. The highest BCUT2D eigenvalue weighted by Gasteiger charge is 2.34. The van der Waals surface area contributed by atoms with Crippen molar-refractivity contribution < 1.29 is 69.1 Å². The number of carbonyl (C=O) groups excluding carboxylic acids is 1. The average molecular weight is 1080 g/mol. The zero-order valence-electron chi connectivity index (χ0n) is 41.3. The van der Waals surface area contributed by atoms with E-state index in [0.717, 1.165) is 23.9 Å². The molecule has 0 spiro atoms. The molecule has 12 N–H and O–H groups in total. The number of aliphatic hydroxyl groups is 10. The third kappa shape index (κ3) is 13.2. The Morgan fingerprint density at radius 2 is 1.42 bits per heavy atom. The molecule has 0 saturated heterocycles. The third-order valence-corrected chi connectivity index (χ3v) is 11.1. The molecule has 5 aromatic rings. The predicted molar refractivity (Wildman–Crippen MR) is 283 cm³/mol. The number of allylic oxidation sites excluding steroid dienone is 1. The summed E-state index contributed by atoms with van der Waals surface area (Å²) in [5.74, 6) is -9.10. The van der Waals surface area contributed by atoms with Gasteiger partial charge >= 0.3 is 0 Å². The molecule has 0 radical (unpaired) electrons. The highest BCUT2D eigenvalue weighted by atomic mass is 32.1. The molecule has 1 amide bonds. The molecule has 1 aliphatic heterocycles. The Bertz CT molecular complexity index is 3490. The van der Waals surface area contributed by atoms with Gasteiger partial charge in [0.25, 0.3) is 5.91 Å². The summed E-state index contributed by atoms with van der Waals surface area (Å²) < 4.78 is 16.7. The number of aryl methyl sites for hydroxylation is 1. The summed E-state index contributed by atoms with van der Waals surface area (Å²) in [6.07, 6.45) is 3.49. The van der Waals surface area contributed by atoms with E-state index < -0.39 is 100 Å². The molecule has 1 aliphatic rings. The number of aliphatic hydroxyl groups excluding tert-OH is 9. The second-order valence-electron chi connectivity index (χ2n) is 16.6. The number of oxazole rings is 3. The minimum atomic E-state index is -1.95. The van der Waals surface area contributed by atoms with E-state index in [4.69, 9.17) is 18.7 Å². The first-order chi connectivity index (χ1) is 36.2. The van der Waals surface area contributed by atoms with Crippen molar-refractivity contribution in [3.05, 3.63) is 138 Å². The molecule has 400 valence electrons. The summed E-state index contributed by atoms with van der Waals surface area (Å²) >= 11 is 0.952. The van der Waals surface area contributed by atoms with Gasteiger partial charge in [-0.15, -0.1) is 11.3 Å². The van der Waals surface area contributed by atoms with E-state index in [1.807, 2.05) is 0 Å². The van der Waals surface area contributed by atoms with Gasteiger partial charge in [0.15, 0.2) is 23.5 Å². The number of aromatic nitrogens is 5. The molecular weight excluding hydrogens is 1030 g/mol. The summed E-state index contributed by atoms with van der Waals surface area (Å²) in [5, 5.41) is 120. The van der Waals surface area contributed by atoms with Gasteiger partial charge in [0.2, 0.25) is 64.9 Å². The zero-order chi connectivity index (χ0) is 56.8. The molecule has 6 heterocycles. The molecule has 28 nitrogen and oxygen atoms in total. The summed E-state index contributed by atoms with van der Waals surface area (Å²) in [5.41, 5.74) is -5.29. The second-order valence-corrected chi connectivity index (χ2v) is 17.5. The minimum absolute atomic E-state index is 0.0661. The number of thiazole rings is 1. The van der Waals surface area contributed by atoms with Crippen molar-refractivity contribution in [1.29, 1.82) is 5.41 Å². The van der Waals surface area contributed by atoms with Crippen LogP contribution in [0.25, 0.3) is 33.4 Å². The van der Waals surface area contributed by atoms with Crippen molar-refractivity contribution in [2.24, 2.45) is 34.9 Å². The lowest BCUT2D eigenvalue weighted by atomic mass is 9.99. The second kappa shape index (κ2) is 23.0. The molecule has 0 aliphatic carbocycles. The molecule has 4 unspecified atom stereocenters. The van der Waals surface area contributed by atoms with E-state index in [0.29, 0.717) is 0 Å². The smallest absolute Gasteiger partial charge is 0.274 e. The van der Waals surface area contributed by atoms with E-state index in [9.17, 15) is 55.9 Å². The lowest BCUT2D eigenvalue weighted by Gasteiger charge is -2.24. The first kappa shape index (κ1) is 56.3. The Hall–Kier alpha value is -10.0. The van der Waals surface area contributed by atoms with Gasteiger partial charge in [-0.2, -0.15) is 0 Å². The summed E-state index contributed by atoms with van der Waals surface area (Å²) in [7, 11) is 0. The van der Waals surface area contributed by atoms with E-state index in [1.165, 1.54) is 57.4 Å². The lowest BCUT2D eigenvalue weighted by molar-refractivity contribution is 0.0681. The number of fused-ring (bicyclic) bond motifs is 11. The van der Waals surface area contributed by atoms with Crippen LogP contribution in [-0.2, 0) is 0 Å². The number of pyridine rings is 1. The molecule has 8 bridgehead atoms. The number of rotatable bonds is 6. The third-order valence-electron chi connectivity index (χ3n) is 10.2. The normalized spacial score (nSPS) is 18.3. The average Bonchev–Trinajstić information content (AvgIpc) is 4.22. The van der Waals surface area contributed by atoms with Crippen LogP contribution in [0.5, 0.6) is 0 Å². The Labute approximate surface area is 439 Å². The van der Waals surface area contributed by atoms with Crippen LogP contribution < -0.4 is 5.32 Å². The monoisotopic (exact) mass is 1080 g/mol. The number of hydrogen-bond acceptors (Lipinski definition) is 20. The van der Waals surface area contributed by atoms with E-state index >= 15 is 0 Å². The molecule has 0 fully saturated rings. The molecule has 0 saturated carbocycles. The van der Waals surface area contributed by atoms with E-state index in [2.05, 4.69) is 98.1 Å². The maximum absolute atomic E-state index is 13.2. The molecule has 5 aromatic heterocycles. The van der Waals surface area contributed by atoms with Crippen LogP contribution in [0.2, 0.25) is 0 Å². The van der Waals surface area contributed by atoms with Crippen LogP contribution in [0.1, 0.15) is 84.7 Å². The number of aliphatic imine (C=N–C) groups is 7. The van der Waals surface area contributed by atoms with Gasteiger partial charge < -0.3 is 69.6 Å². The van der Waals surface area contributed by atoms with Crippen molar-refractivity contribution in [2.45, 2.75) is 64.4 Å². The van der Waals surface area contributed by atoms with Crippen LogP contribution in [0.15, 0.2) is 140 Å². The molecular formula is C48H48N14O14S. The molecule has 6 rings (SSSR count). The number of carbonyl (C=O) groups is 1. The summed E-state index contributed by atoms with van der Waals surface area (Å²) in [6.45, 7) is 24.8. The van der Waals surface area contributed by atoms with Crippen LogP contribution in [0.4, 0.5) is 0 Å². The van der Waals surface area contributed by atoms with Crippen molar-refractivity contribution in [3.63, 3.8) is 0 Å². The Morgan fingerprint density at radius 3 is 2.08 bits per heavy atom. The van der Waals surface area contributed by atoms with Gasteiger partial charge in [-0.05, 0) is 46.8 Å². The molecule has 77 heavy (non-hydrogen) atoms. The summed E-state index contributed by atoms with van der Waals surface area (Å²) in [4.78, 5) is 62.5. The van der Waals surface area contributed by atoms with Crippen molar-refractivity contribution in [2.75, 3.05) is 0 Å². The molecule has 4 atom stereocenters. The van der Waals surface area contributed by atoms with Gasteiger partial charge in [0, 0.05) is 10.9 Å². The topological polar surface area (TPSA) is 446 Å². The predicted octanol–water partition coefficient (Wildman–Crippen LogP) is 6.55. The highest BCUT2D eigenvalue weighted by Crippen LogP contribution is 2.34. The summed E-state index contributed by atoms with van der Waals surface area (Å²) in [6, 6.07) is -1.96. The zero-order valence-corrected chi connectivity index (χ0v) is 42.1. The first-order valence-electron chi connectivity index (χ1n) is 22.0. The fraction of sp³-hybridized carbons (Fsp3) is 0.208. The molecule has 0 aromatic carbocycles. The van der Waals surface area contributed by atoms with Gasteiger partial charge in [0.05, 0.1) is 17.4 Å². The number of hydrogen-bond donors (Lipinski definition) is 12. The minimum Gasteiger partial charge on any atom is -0.495 e. The Balaban J connectivity index is 1.49. The maximum Gasteiger partial charge on any atom is 0.274 e. The van der Waals surface area contributed by atoms with Crippen molar-refractivity contribution in [3.8, 4) is 22.0 Å². The SMILES string of the molecule is C=C1N=C(O)c2nc(oc2C)C(=C)N=C(O)C(C(C)(C)O)N=C(O)C(=C)N=C(O)c2coc(n2)C(C=CC)N=C(O)C(C(C)O)N=C(O)c2csc(n2)-c2ccc(C(=O)NC(=C)C(=N)O)nc2-c2coc(n2)C(=C)N=C1O. The standard InChI is InChI=1S/C48H48N14O14S/c1-11-12-27-46-58-29(16-75-46)39(68)51-20(4)37(66)62-34(48(9,10)73)43(72)54-22(6)45-61-32(24(8)76-45)42(71)52-19(3)36(65)53-21(5)44-57-28(15-74-44)33-25(13-14-26(55-33)38(67)50-18(2)35(49)64)47-59-30(17-77-47)40(69)60-31(23(7)63)41(70)56-27/h11-17,23,27,31,34,63,73H,2-6H2,1,7-10H3,(H2,49,64)(H,50,67)(H,51,68)(H,52,71)(H,53,65)(H,54,72)(H,56,70)(H,60,69)(H,62,66). The van der Waals surface area contributed by atoms with Crippen LogP contribution >= 0.6 is 11.3 Å². The van der Waals surface area contributed by atoms with E-state index in [1.54, 1.807) is 6.92 Å². The Morgan fingerprint density at radius 1 is 0.766 bits per heavy atom. The lowest BCUT2D eigenvalue weighted by Crippen LogP contribution is -2.41. The quantitative estimate of drug-likeness (QED) is 0.0487. The van der Waals surface area contributed by atoms with Gasteiger partial charge in [0.1, 0.15) is 74.9 Å². The fourth-order valence-electron chi connectivity index (χ4n) is 6.33. The maximum atomic E-state index is 13.2. The fourth-order valence-corrected chi connectivity index (χ4v) is 7.15.